The van der Waals surface area contributed by atoms with Gasteiger partial charge in [-0.3, -0.25) is 0 Å². The summed E-state index contributed by atoms with van der Waals surface area (Å²) in [5, 5.41) is 22.9. The van der Waals surface area contributed by atoms with Crippen molar-refractivity contribution >= 4 is 22.8 Å². The molecule has 0 aliphatic carbocycles. The zero-order valence-electron chi connectivity index (χ0n) is 13.3. The van der Waals surface area contributed by atoms with Crippen molar-refractivity contribution in [2.45, 2.75) is 6.42 Å². The molecule has 8 heteroatoms. The maximum absolute atomic E-state index is 12.0. The first-order valence-corrected chi connectivity index (χ1v) is 7.63. The Hall–Kier alpha value is -2.87. The molecule has 3 aromatic rings. The Bertz CT molecular complexity index is 812. The van der Waals surface area contributed by atoms with Crippen LogP contribution in [0.5, 0.6) is 0 Å². The van der Waals surface area contributed by atoms with Crippen molar-refractivity contribution in [1.82, 2.24) is 20.3 Å². The quantitative estimate of drug-likeness (QED) is 0.636. The summed E-state index contributed by atoms with van der Waals surface area (Å²) in [5.41, 5.74) is 2.23. The summed E-state index contributed by atoms with van der Waals surface area (Å²) in [6.45, 7) is 0.308. The minimum absolute atomic E-state index is 0.0352. The molecule has 0 unspecified atom stereocenters. The molecule has 0 spiro atoms. The Balaban J connectivity index is 1.54. The summed E-state index contributed by atoms with van der Waals surface area (Å²) in [7, 11) is 1.81. The van der Waals surface area contributed by atoms with Gasteiger partial charge in [0.15, 0.2) is 0 Å². The van der Waals surface area contributed by atoms with Gasteiger partial charge in [-0.2, -0.15) is 0 Å². The number of rotatable bonds is 6. The molecule has 0 radical (unpaired) electrons. The molecule has 0 fully saturated rings. The summed E-state index contributed by atoms with van der Waals surface area (Å²) in [4.78, 5) is 12.0. The van der Waals surface area contributed by atoms with Gasteiger partial charge in [0.2, 0.25) is 0 Å². The number of carbonyl (C=O) groups excluding carboxylic acids is 1. The van der Waals surface area contributed by atoms with Crippen molar-refractivity contribution in [2.75, 3.05) is 18.5 Å². The van der Waals surface area contributed by atoms with Crippen LogP contribution in [0.1, 0.15) is 5.76 Å². The van der Waals surface area contributed by atoms with Gasteiger partial charge < -0.3 is 20.2 Å². The number of nitrogens with zero attached hydrogens (tertiary/aromatic N) is 3. The first-order valence-electron chi connectivity index (χ1n) is 7.63. The Morgan fingerprint density at radius 3 is 3.04 bits per heavy atom. The standard InChI is InChI=1S/C16H19N5O3/c1-21-15-5-4-12(8-14(15)19-20-21)18-16(23)17-9-11(10-22)7-13-3-2-6-24-13/h2-6,8,11,22H,7,9-10H2,1H3,(H2,17,18,23)/t11-/m1/s1. The van der Waals surface area contributed by atoms with E-state index in [4.69, 9.17) is 4.42 Å². The van der Waals surface area contributed by atoms with Crippen molar-refractivity contribution < 1.29 is 14.3 Å². The van der Waals surface area contributed by atoms with E-state index in [0.717, 1.165) is 11.3 Å². The molecular formula is C16H19N5O3. The predicted molar refractivity (Wildman–Crippen MR) is 88.5 cm³/mol. The molecule has 1 atom stereocenters. The van der Waals surface area contributed by atoms with Crippen molar-refractivity contribution in [3.63, 3.8) is 0 Å². The fourth-order valence-corrected chi connectivity index (χ4v) is 2.45. The van der Waals surface area contributed by atoms with E-state index >= 15 is 0 Å². The smallest absolute Gasteiger partial charge is 0.319 e. The van der Waals surface area contributed by atoms with E-state index < -0.39 is 0 Å². The van der Waals surface area contributed by atoms with Crippen LogP contribution in [-0.4, -0.2) is 39.3 Å². The number of urea groups is 1. The second kappa shape index (κ2) is 7.14. The second-order valence-corrected chi connectivity index (χ2v) is 5.58. The number of anilines is 1. The largest absolute Gasteiger partial charge is 0.469 e. The molecule has 24 heavy (non-hydrogen) atoms. The molecule has 0 aliphatic heterocycles. The maximum atomic E-state index is 12.0. The lowest BCUT2D eigenvalue weighted by Gasteiger charge is -2.14. The molecule has 0 saturated heterocycles. The number of furan rings is 1. The van der Waals surface area contributed by atoms with Crippen LogP contribution in [0.25, 0.3) is 11.0 Å². The summed E-state index contributed by atoms with van der Waals surface area (Å²) < 4.78 is 6.92. The number of amides is 2. The van der Waals surface area contributed by atoms with E-state index in [0.29, 0.717) is 24.2 Å². The fraction of sp³-hybridized carbons (Fsp3) is 0.312. The van der Waals surface area contributed by atoms with E-state index in [-0.39, 0.29) is 18.6 Å². The Kier molecular flexibility index (Phi) is 4.76. The van der Waals surface area contributed by atoms with Crippen molar-refractivity contribution in [3.05, 3.63) is 42.4 Å². The van der Waals surface area contributed by atoms with Crippen LogP contribution in [0.4, 0.5) is 10.5 Å². The lowest BCUT2D eigenvalue weighted by molar-refractivity contribution is 0.213. The zero-order valence-corrected chi connectivity index (χ0v) is 13.3. The average Bonchev–Trinajstić information content (AvgIpc) is 3.21. The van der Waals surface area contributed by atoms with E-state index in [2.05, 4.69) is 20.9 Å². The Labute approximate surface area is 138 Å². The van der Waals surface area contributed by atoms with E-state index in [1.807, 2.05) is 19.2 Å². The van der Waals surface area contributed by atoms with E-state index in [9.17, 15) is 9.90 Å². The topological polar surface area (TPSA) is 105 Å². The molecule has 1 aromatic carbocycles. The number of carbonyl (C=O) groups is 1. The third kappa shape index (κ3) is 3.72. The highest BCUT2D eigenvalue weighted by atomic mass is 16.3. The number of fused-ring (bicyclic) bond motifs is 1. The molecule has 2 aromatic heterocycles. The molecule has 0 bridgehead atoms. The Morgan fingerprint density at radius 2 is 2.29 bits per heavy atom. The molecule has 3 N–H and O–H groups in total. The highest BCUT2D eigenvalue weighted by Crippen LogP contribution is 2.16. The molecule has 2 amide bonds. The van der Waals surface area contributed by atoms with Crippen molar-refractivity contribution in [2.24, 2.45) is 13.0 Å². The van der Waals surface area contributed by atoms with Crippen molar-refractivity contribution in [1.29, 1.82) is 0 Å². The van der Waals surface area contributed by atoms with Gasteiger partial charge in [-0.15, -0.1) is 5.10 Å². The number of aliphatic hydroxyl groups excluding tert-OH is 1. The number of aliphatic hydroxyl groups is 1. The fourth-order valence-electron chi connectivity index (χ4n) is 2.45. The first-order chi connectivity index (χ1) is 11.7. The minimum atomic E-state index is -0.337. The Morgan fingerprint density at radius 1 is 1.42 bits per heavy atom. The molecule has 8 nitrogen and oxygen atoms in total. The van der Waals surface area contributed by atoms with E-state index in [1.54, 1.807) is 29.1 Å². The van der Waals surface area contributed by atoms with Gasteiger partial charge in [0.25, 0.3) is 0 Å². The molecule has 126 valence electrons. The molecule has 0 saturated carbocycles. The monoisotopic (exact) mass is 329 g/mol. The first kappa shape index (κ1) is 16.0. The summed E-state index contributed by atoms with van der Waals surface area (Å²) in [6, 6.07) is 8.70. The minimum Gasteiger partial charge on any atom is -0.469 e. The summed E-state index contributed by atoms with van der Waals surface area (Å²) in [5.74, 6) is 0.675. The van der Waals surface area contributed by atoms with E-state index in [1.165, 1.54) is 0 Å². The lowest BCUT2D eigenvalue weighted by atomic mass is 10.1. The van der Waals surface area contributed by atoms with Crippen LogP contribution in [0.15, 0.2) is 41.0 Å². The van der Waals surface area contributed by atoms with Crippen molar-refractivity contribution in [3.8, 4) is 0 Å². The maximum Gasteiger partial charge on any atom is 0.319 e. The SMILES string of the molecule is Cn1nnc2cc(NC(=O)NC[C@H](CO)Cc3ccco3)ccc21. The third-order valence-electron chi connectivity index (χ3n) is 3.75. The number of nitrogens with one attached hydrogen (secondary N) is 2. The molecule has 2 heterocycles. The number of hydrogen-bond acceptors (Lipinski definition) is 5. The lowest BCUT2D eigenvalue weighted by Crippen LogP contribution is -2.34. The zero-order chi connectivity index (χ0) is 16.9. The van der Waals surface area contributed by atoms with Gasteiger partial charge in [0.1, 0.15) is 11.3 Å². The van der Waals surface area contributed by atoms with Gasteiger partial charge in [-0.25, -0.2) is 9.48 Å². The van der Waals surface area contributed by atoms with Gasteiger partial charge in [0, 0.05) is 38.2 Å². The highest BCUT2D eigenvalue weighted by molar-refractivity contribution is 5.91. The number of aryl methyl sites for hydroxylation is 1. The van der Waals surface area contributed by atoms with Gasteiger partial charge in [0.05, 0.1) is 11.8 Å². The van der Waals surface area contributed by atoms with Gasteiger partial charge in [-0.05, 0) is 30.3 Å². The number of hydrogen-bond donors (Lipinski definition) is 3. The van der Waals surface area contributed by atoms with Crippen LogP contribution in [0.2, 0.25) is 0 Å². The number of aromatic nitrogens is 3. The van der Waals surface area contributed by atoms with Crippen LogP contribution < -0.4 is 10.6 Å². The molecule has 3 rings (SSSR count). The third-order valence-corrected chi connectivity index (χ3v) is 3.75. The predicted octanol–water partition coefficient (Wildman–Crippen LogP) is 1.53. The van der Waals surface area contributed by atoms with Gasteiger partial charge >= 0.3 is 6.03 Å². The normalized spacial score (nSPS) is 12.2. The molecule has 0 aliphatic rings. The van der Waals surface area contributed by atoms with Gasteiger partial charge in [-0.1, -0.05) is 5.21 Å². The van der Waals surface area contributed by atoms with Crippen LogP contribution in [0, 0.1) is 5.92 Å². The highest BCUT2D eigenvalue weighted by Gasteiger charge is 2.12. The molecular weight excluding hydrogens is 310 g/mol. The van der Waals surface area contributed by atoms with Crippen LogP contribution in [0.3, 0.4) is 0 Å². The van der Waals surface area contributed by atoms with Crippen LogP contribution >= 0.6 is 0 Å². The summed E-state index contributed by atoms with van der Waals surface area (Å²) >= 11 is 0. The summed E-state index contributed by atoms with van der Waals surface area (Å²) in [6.07, 6.45) is 2.15. The average molecular weight is 329 g/mol. The van der Waals surface area contributed by atoms with Crippen LogP contribution in [-0.2, 0) is 13.5 Å². The number of benzene rings is 1. The second-order valence-electron chi connectivity index (χ2n) is 5.58.